The lowest BCUT2D eigenvalue weighted by molar-refractivity contribution is 0.267. The average molecular weight is 209 g/mol. The molecule has 0 radical (unpaired) electrons. The molecule has 0 heterocycles. The van der Waals surface area contributed by atoms with Gasteiger partial charge in [-0.15, -0.1) is 0 Å². The van der Waals surface area contributed by atoms with E-state index < -0.39 is 0 Å². The Bertz CT molecular complexity index is 271. The van der Waals surface area contributed by atoms with Gasteiger partial charge >= 0.3 is 0 Å². The third kappa shape index (κ3) is 3.90. The van der Waals surface area contributed by atoms with E-state index in [4.69, 9.17) is 15.6 Å². The second kappa shape index (κ2) is 6.43. The van der Waals surface area contributed by atoms with Crippen LogP contribution < -0.4 is 10.5 Å². The minimum Gasteiger partial charge on any atom is -0.494 e. The van der Waals surface area contributed by atoms with Crippen LogP contribution in [0.5, 0.6) is 5.75 Å². The number of rotatable bonds is 6. The van der Waals surface area contributed by atoms with Crippen LogP contribution in [0, 0.1) is 0 Å². The van der Waals surface area contributed by atoms with Crippen molar-refractivity contribution in [3.63, 3.8) is 0 Å². The van der Waals surface area contributed by atoms with E-state index in [-0.39, 0.29) is 12.6 Å². The minimum atomic E-state index is -0.297. The summed E-state index contributed by atoms with van der Waals surface area (Å²) in [5, 5.41) is 8.87. The Kier molecular flexibility index (Phi) is 5.15. The zero-order valence-corrected chi connectivity index (χ0v) is 9.15. The zero-order valence-electron chi connectivity index (χ0n) is 9.15. The molecule has 0 unspecified atom stereocenters. The van der Waals surface area contributed by atoms with Crippen LogP contribution in [0.25, 0.3) is 0 Å². The van der Waals surface area contributed by atoms with Crippen molar-refractivity contribution in [2.75, 3.05) is 13.2 Å². The molecular formula is C12H19NO2. The van der Waals surface area contributed by atoms with E-state index in [1.165, 1.54) is 0 Å². The highest BCUT2D eigenvalue weighted by Gasteiger charge is 2.03. The summed E-state index contributed by atoms with van der Waals surface area (Å²) in [6.45, 7) is 2.85. The maximum atomic E-state index is 8.87. The van der Waals surface area contributed by atoms with Crippen LogP contribution in [0.2, 0.25) is 0 Å². The van der Waals surface area contributed by atoms with E-state index in [2.05, 4.69) is 6.92 Å². The largest absolute Gasteiger partial charge is 0.494 e. The summed E-state index contributed by atoms with van der Waals surface area (Å²) in [7, 11) is 0. The fourth-order valence-electron chi connectivity index (χ4n) is 1.25. The van der Waals surface area contributed by atoms with Crippen LogP contribution in [0.3, 0.4) is 0 Å². The molecule has 3 heteroatoms. The van der Waals surface area contributed by atoms with E-state index >= 15 is 0 Å². The lowest BCUT2D eigenvalue weighted by atomic mass is 10.1. The number of hydrogen-bond acceptors (Lipinski definition) is 3. The lowest BCUT2D eigenvalue weighted by Gasteiger charge is -2.10. The Labute approximate surface area is 90.9 Å². The van der Waals surface area contributed by atoms with Gasteiger partial charge in [-0.05, 0) is 24.1 Å². The lowest BCUT2D eigenvalue weighted by Crippen LogP contribution is -2.14. The van der Waals surface area contributed by atoms with Crippen molar-refractivity contribution in [2.24, 2.45) is 5.73 Å². The quantitative estimate of drug-likeness (QED) is 0.703. The molecule has 15 heavy (non-hydrogen) atoms. The maximum Gasteiger partial charge on any atom is 0.119 e. The number of nitrogens with two attached hydrogens (primary N) is 1. The van der Waals surface area contributed by atoms with Gasteiger partial charge in [0.05, 0.1) is 19.3 Å². The molecule has 0 bridgehead atoms. The summed E-state index contributed by atoms with van der Waals surface area (Å²) in [4.78, 5) is 0. The van der Waals surface area contributed by atoms with E-state index in [0.717, 1.165) is 30.8 Å². The van der Waals surface area contributed by atoms with Crippen LogP contribution >= 0.6 is 0 Å². The first-order valence-corrected chi connectivity index (χ1v) is 5.37. The van der Waals surface area contributed by atoms with Crippen LogP contribution in [-0.2, 0) is 0 Å². The SMILES string of the molecule is CCCCOc1ccc([C@@H](N)CO)cc1. The highest BCUT2D eigenvalue weighted by Crippen LogP contribution is 2.16. The van der Waals surface area contributed by atoms with Crippen LogP contribution in [0.1, 0.15) is 31.4 Å². The Morgan fingerprint density at radius 1 is 1.33 bits per heavy atom. The van der Waals surface area contributed by atoms with Crippen molar-refractivity contribution >= 4 is 0 Å². The molecule has 1 atom stereocenters. The van der Waals surface area contributed by atoms with Crippen molar-refractivity contribution in [3.05, 3.63) is 29.8 Å². The summed E-state index contributed by atoms with van der Waals surface area (Å²) < 4.78 is 5.51. The predicted molar refractivity (Wildman–Crippen MR) is 60.9 cm³/mol. The van der Waals surface area contributed by atoms with Crippen molar-refractivity contribution in [1.29, 1.82) is 0 Å². The molecule has 0 aliphatic carbocycles. The number of unbranched alkanes of at least 4 members (excludes halogenated alkanes) is 1. The Morgan fingerprint density at radius 2 is 2.00 bits per heavy atom. The van der Waals surface area contributed by atoms with Gasteiger partial charge in [0, 0.05) is 0 Å². The number of aliphatic hydroxyl groups excluding tert-OH is 1. The highest BCUT2D eigenvalue weighted by atomic mass is 16.5. The monoisotopic (exact) mass is 209 g/mol. The first-order chi connectivity index (χ1) is 7.27. The summed E-state index contributed by atoms with van der Waals surface area (Å²) in [5.74, 6) is 0.859. The average Bonchev–Trinajstić information content (AvgIpc) is 2.29. The second-order valence-corrected chi connectivity index (χ2v) is 3.56. The third-order valence-corrected chi connectivity index (χ3v) is 2.27. The highest BCUT2D eigenvalue weighted by molar-refractivity contribution is 5.29. The zero-order chi connectivity index (χ0) is 11.1. The molecule has 3 N–H and O–H groups in total. The topological polar surface area (TPSA) is 55.5 Å². The Morgan fingerprint density at radius 3 is 2.53 bits per heavy atom. The van der Waals surface area contributed by atoms with E-state index in [0.29, 0.717) is 0 Å². The molecule has 0 saturated heterocycles. The number of hydrogen-bond donors (Lipinski definition) is 2. The van der Waals surface area contributed by atoms with Gasteiger partial charge in [-0.25, -0.2) is 0 Å². The normalized spacial score (nSPS) is 12.5. The van der Waals surface area contributed by atoms with Crippen molar-refractivity contribution in [2.45, 2.75) is 25.8 Å². The molecular weight excluding hydrogens is 190 g/mol. The van der Waals surface area contributed by atoms with Gasteiger partial charge in [0.25, 0.3) is 0 Å². The Hall–Kier alpha value is -1.06. The maximum absolute atomic E-state index is 8.87. The Balaban J connectivity index is 2.49. The molecule has 1 aromatic rings. The van der Waals surface area contributed by atoms with Gasteiger partial charge in [0.15, 0.2) is 0 Å². The third-order valence-electron chi connectivity index (χ3n) is 2.27. The molecule has 1 aromatic carbocycles. The number of ether oxygens (including phenoxy) is 1. The van der Waals surface area contributed by atoms with E-state index in [9.17, 15) is 0 Å². The second-order valence-electron chi connectivity index (χ2n) is 3.56. The molecule has 0 amide bonds. The molecule has 0 spiro atoms. The van der Waals surface area contributed by atoms with Gasteiger partial charge in [-0.3, -0.25) is 0 Å². The molecule has 0 aliphatic heterocycles. The van der Waals surface area contributed by atoms with Gasteiger partial charge < -0.3 is 15.6 Å². The van der Waals surface area contributed by atoms with Crippen molar-refractivity contribution in [1.82, 2.24) is 0 Å². The molecule has 0 fully saturated rings. The summed E-state index contributed by atoms with van der Waals surface area (Å²) in [6, 6.07) is 7.26. The van der Waals surface area contributed by atoms with Crippen molar-refractivity contribution < 1.29 is 9.84 Å². The fraction of sp³-hybridized carbons (Fsp3) is 0.500. The van der Waals surface area contributed by atoms with E-state index in [1.807, 2.05) is 24.3 Å². The molecule has 3 nitrogen and oxygen atoms in total. The van der Waals surface area contributed by atoms with Crippen molar-refractivity contribution in [3.8, 4) is 5.75 Å². The standard InChI is InChI=1S/C12H19NO2/c1-2-3-8-15-11-6-4-10(5-7-11)12(13)9-14/h4-7,12,14H,2-3,8-9,13H2,1H3/t12-/m0/s1. The molecule has 84 valence electrons. The van der Waals surface area contributed by atoms with Gasteiger partial charge in [-0.1, -0.05) is 25.5 Å². The first-order valence-electron chi connectivity index (χ1n) is 5.37. The molecule has 1 rings (SSSR count). The summed E-state index contributed by atoms with van der Waals surface area (Å²) in [6.07, 6.45) is 2.20. The van der Waals surface area contributed by atoms with Gasteiger partial charge in [-0.2, -0.15) is 0 Å². The molecule has 0 saturated carbocycles. The summed E-state index contributed by atoms with van der Waals surface area (Å²) in [5.41, 5.74) is 6.61. The number of benzene rings is 1. The minimum absolute atomic E-state index is 0.0317. The first kappa shape index (κ1) is 12.0. The fourth-order valence-corrected chi connectivity index (χ4v) is 1.25. The van der Waals surface area contributed by atoms with Gasteiger partial charge in [0.1, 0.15) is 5.75 Å². The smallest absolute Gasteiger partial charge is 0.119 e. The van der Waals surface area contributed by atoms with Crippen LogP contribution in [0.4, 0.5) is 0 Å². The molecule has 0 aliphatic rings. The van der Waals surface area contributed by atoms with Crippen LogP contribution in [-0.4, -0.2) is 18.3 Å². The van der Waals surface area contributed by atoms with E-state index in [1.54, 1.807) is 0 Å². The van der Waals surface area contributed by atoms with Crippen LogP contribution in [0.15, 0.2) is 24.3 Å². The molecule has 0 aromatic heterocycles. The van der Waals surface area contributed by atoms with Gasteiger partial charge in [0.2, 0.25) is 0 Å². The predicted octanol–water partition coefficient (Wildman–Crippen LogP) is 1.86. The summed E-state index contributed by atoms with van der Waals surface area (Å²) >= 11 is 0. The number of aliphatic hydroxyl groups is 1.